The number of aryl methyl sites for hydroxylation is 1. The van der Waals surface area contributed by atoms with E-state index in [1.807, 2.05) is 37.3 Å². The molecule has 29 heavy (non-hydrogen) atoms. The number of halogens is 1. The van der Waals surface area contributed by atoms with Gasteiger partial charge in [0.25, 0.3) is 5.91 Å². The molecule has 0 aliphatic heterocycles. The number of aliphatic hydroxyl groups is 1. The van der Waals surface area contributed by atoms with Crippen molar-refractivity contribution in [2.75, 3.05) is 0 Å². The fourth-order valence-electron chi connectivity index (χ4n) is 3.07. The van der Waals surface area contributed by atoms with Crippen molar-refractivity contribution in [3.63, 3.8) is 0 Å². The molecule has 1 atom stereocenters. The number of H-pyrrole nitrogens is 1. The first-order chi connectivity index (χ1) is 13.9. The molecular formula is C22H26ClN3O2S. The van der Waals surface area contributed by atoms with Gasteiger partial charge in [0, 0.05) is 10.7 Å². The number of aromatic nitrogens is 2. The first kappa shape index (κ1) is 21.6. The summed E-state index contributed by atoms with van der Waals surface area (Å²) < 4.78 is 0. The van der Waals surface area contributed by atoms with Crippen LogP contribution in [0.25, 0.3) is 11.3 Å². The van der Waals surface area contributed by atoms with Crippen LogP contribution in [0.3, 0.4) is 0 Å². The maximum absolute atomic E-state index is 12.9. The summed E-state index contributed by atoms with van der Waals surface area (Å²) in [4.78, 5) is 21.5. The molecule has 1 aromatic carbocycles. The number of thiazole rings is 1. The number of rotatable bonds is 8. The maximum Gasteiger partial charge on any atom is 0.268 e. The summed E-state index contributed by atoms with van der Waals surface area (Å²) in [6.07, 6.45) is 1.77. The standard InChI is InChI=1S/C22H26ClN3O2S/c1-13(2)4-9-19(22-24-14(3)20(12-27)29-22)26-21(28)18-11-10-17(25-18)15-5-7-16(23)8-6-15/h5-8,10-11,13,19,25,27H,4,9,12H2,1-3H3,(H,26,28). The lowest BCUT2D eigenvalue weighted by atomic mass is 10.0. The van der Waals surface area contributed by atoms with Gasteiger partial charge < -0.3 is 15.4 Å². The lowest BCUT2D eigenvalue weighted by Gasteiger charge is -2.17. The highest BCUT2D eigenvalue weighted by atomic mass is 35.5. The van der Waals surface area contributed by atoms with Gasteiger partial charge in [-0.1, -0.05) is 37.6 Å². The summed E-state index contributed by atoms with van der Waals surface area (Å²) in [5.41, 5.74) is 3.15. The van der Waals surface area contributed by atoms with Gasteiger partial charge in [0.05, 0.1) is 23.2 Å². The average molecular weight is 432 g/mol. The highest BCUT2D eigenvalue weighted by Gasteiger charge is 2.21. The molecule has 7 heteroatoms. The molecular weight excluding hydrogens is 406 g/mol. The zero-order valence-electron chi connectivity index (χ0n) is 16.8. The molecule has 154 valence electrons. The Morgan fingerprint density at radius 2 is 1.93 bits per heavy atom. The van der Waals surface area contributed by atoms with Gasteiger partial charge in [-0.15, -0.1) is 11.3 Å². The van der Waals surface area contributed by atoms with E-state index in [4.69, 9.17) is 11.6 Å². The molecule has 1 unspecified atom stereocenters. The first-order valence-corrected chi connectivity index (χ1v) is 10.9. The van der Waals surface area contributed by atoms with Crippen LogP contribution in [0.15, 0.2) is 36.4 Å². The zero-order valence-corrected chi connectivity index (χ0v) is 18.4. The minimum absolute atomic E-state index is 0.0323. The van der Waals surface area contributed by atoms with Crippen LogP contribution in [-0.4, -0.2) is 21.0 Å². The molecule has 0 aliphatic rings. The Balaban J connectivity index is 1.77. The molecule has 0 bridgehead atoms. The Bertz CT molecular complexity index is 963. The van der Waals surface area contributed by atoms with Gasteiger partial charge in [0.1, 0.15) is 10.7 Å². The Labute approximate surface area is 180 Å². The van der Waals surface area contributed by atoms with Gasteiger partial charge >= 0.3 is 0 Å². The van der Waals surface area contributed by atoms with E-state index >= 15 is 0 Å². The molecule has 0 saturated carbocycles. The van der Waals surface area contributed by atoms with Crippen LogP contribution in [0, 0.1) is 12.8 Å². The largest absolute Gasteiger partial charge is 0.391 e. The second-order valence-electron chi connectivity index (χ2n) is 7.51. The number of aromatic amines is 1. The molecule has 0 fully saturated rings. The third kappa shape index (κ3) is 5.47. The second kappa shape index (κ2) is 9.57. The zero-order chi connectivity index (χ0) is 21.0. The molecule has 3 aromatic rings. The van der Waals surface area contributed by atoms with Crippen LogP contribution >= 0.6 is 22.9 Å². The van der Waals surface area contributed by atoms with Crippen LogP contribution in [0.2, 0.25) is 5.02 Å². The van der Waals surface area contributed by atoms with E-state index < -0.39 is 0 Å². The van der Waals surface area contributed by atoms with Crippen LogP contribution in [0.5, 0.6) is 0 Å². The summed E-state index contributed by atoms with van der Waals surface area (Å²) in [5.74, 6) is 0.354. The van der Waals surface area contributed by atoms with E-state index in [2.05, 4.69) is 29.1 Å². The number of carbonyl (C=O) groups is 1. The van der Waals surface area contributed by atoms with Gasteiger partial charge in [0.15, 0.2) is 0 Å². The average Bonchev–Trinajstić information content (AvgIpc) is 3.32. The highest BCUT2D eigenvalue weighted by molar-refractivity contribution is 7.11. The minimum Gasteiger partial charge on any atom is -0.391 e. The van der Waals surface area contributed by atoms with E-state index in [9.17, 15) is 9.90 Å². The van der Waals surface area contributed by atoms with Crippen molar-refractivity contribution >= 4 is 28.8 Å². The van der Waals surface area contributed by atoms with Crippen molar-refractivity contribution in [1.82, 2.24) is 15.3 Å². The molecule has 0 radical (unpaired) electrons. The number of hydrogen-bond donors (Lipinski definition) is 3. The normalized spacial score (nSPS) is 12.3. The summed E-state index contributed by atoms with van der Waals surface area (Å²) in [6, 6.07) is 11.0. The Kier molecular flexibility index (Phi) is 7.11. The minimum atomic E-state index is -0.184. The molecule has 1 amide bonds. The summed E-state index contributed by atoms with van der Waals surface area (Å²) in [5, 5.41) is 14.1. The first-order valence-electron chi connectivity index (χ1n) is 9.70. The van der Waals surface area contributed by atoms with Gasteiger partial charge in [0.2, 0.25) is 0 Å². The molecule has 0 aliphatic carbocycles. The molecule has 5 nitrogen and oxygen atoms in total. The molecule has 0 spiro atoms. The topological polar surface area (TPSA) is 78.0 Å². The second-order valence-corrected chi connectivity index (χ2v) is 9.06. The Hall–Kier alpha value is -2.15. The number of carbonyl (C=O) groups excluding carboxylic acids is 1. The predicted molar refractivity (Wildman–Crippen MR) is 118 cm³/mol. The summed E-state index contributed by atoms with van der Waals surface area (Å²) in [7, 11) is 0. The van der Waals surface area contributed by atoms with Crippen molar-refractivity contribution in [1.29, 1.82) is 0 Å². The van der Waals surface area contributed by atoms with Gasteiger partial charge in [-0.05, 0) is 55.5 Å². The SMILES string of the molecule is Cc1nc(C(CCC(C)C)NC(=O)c2ccc(-c3ccc(Cl)cc3)[nH]2)sc1CO. The van der Waals surface area contributed by atoms with E-state index in [0.717, 1.165) is 39.7 Å². The third-order valence-electron chi connectivity index (χ3n) is 4.77. The predicted octanol–water partition coefficient (Wildman–Crippen LogP) is 5.50. The fraction of sp³-hybridized carbons (Fsp3) is 0.364. The van der Waals surface area contributed by atoms with Gasteiger partial charge in [-0.3, -0.25) is 4.79 Å². The summed E-state index contributed by atoms with van der Waals surface area (Å²) in [6.45, 7) is 6.18. The lowest BCUT2D eigenvalue weighted by Crippen LogP contribution is -2.29. The van der Waals surface area contributed by atoms with E-state index in [0.29, 0.717) is 16.6 Å². The number of amides is 1. The monoisotopic (exact) mass is 431 g/mol. The smallest absolute Gasteiger partial charge is 0.268 e. The van der Waals surface area contributed by atoms with Crippen molar-refractivity contribution in [3.05, 3.63) is 62.7 Å². The Morgan fingerprint density at radius 1 is 1.21 bits per heavy atom. The number of nitrogens with zero attached hydrogens (tertiary/aromatic N) is 1. The van der Waals surface area contributed by atoms with Crippen LogP contribution in [-0.2, 0) is 6.61 Å². The van der Waals surface area contributed by atoms with E-state index in [-0.39, 0.29) is 18.6 Å². The maximum atomic E-state index is 12.9. The molecule has 0 saturated heterocycles. The van der Waals surface area contributed by atoms with Gasteiger partial charge in [-0.25, -0.2) is 4.98 Å². The molecule has 2 heterocycles. The van der Waals surface area contributed by atoms with Crippen molar-refractivity contribution in [2.45, 2.75) is 46.3 Å². The number of aliphatic hydroxyl groups excluding tert-OH is 1. The highest BCUT2D eigenvalue weighted by Crippen LogP contribution is 2.28. The van der Waals surface area contributed by atoms with Gasteiger partial charge in [-0.2, -0.15) is 0 Å². The van der Waals surface area contributed by atoms with Crippen molar-refractivity contribution in [3.8, 4) is 11.3 Å². The summed E-state index contributed by atoms with van der Waals surface area (Å²) >= 11 is 7.41. The fourth-order valence-corrected chi connectivity index (χ4v) is 4.20. The third-order valence-corrected chi connectivity index (χ3v) is 6.28. The molecule has 2 aromatic heterocycles. The molecule has 3 N–H and O–H groups in total. The van der Waals surface area contributed by atoms with Crippen LogP contribution < -0.4 is 5.32 Å². The molecule has 3 rings (SSSR count). The van der Waals surface area contributed by atoms with Crippen LogP contribution in [0.1, 0.15) is 58.8 Å². The quantitative estimate of drug-likeness (QED) is 0.440. The number of hydrogen-bond acceptors (Lipinski definition) is 4. The van der Waals surface area contributed by atoms with Crippen LogP contribution in [0.4, 0.5) is 0 Å². The van der Waals surface area contributed by atoms with E-state index in [1.165, 1.54) is 11.3 Å². The van der Waals surface area contributed by atoms with Crippen molar-refractivity contribution < 1.29 is 9.90 Å². The number of benzene rings is 1. The number of nitrogens with one attached hydrogen (secondary N) is 2. The Morgan fingerprint density at radius 3 is 2.55 bits per heavy atom. The van der Waals surface area contributed by atoms with E-state index in [1.54, 1.807) is 6.07 Å². The lowest BCUT2D eigenvalue weighted by molar-refractivity contribution is 0.0928. The van der Waals surface area contributed by atoms with Crippen molar-refractivity contribution in [2.24, 2.45) is 5.92 Å².